The van der Waals surface area contributed by atoms with Crippen molar-refractivity contribution in [1.29, 1.82) is 0 Å². The molecular weight excluding hydrogens is 248 g/mol. The van der Waals surface area contributed by atoms with Crippen LogP contribution in [0.1, 0.15) is 24.2 Å². The highest BCUT2D eigenvalue weighted by molar-refractivity contribution is 6.32. The summed E-state index contributed by atoms with van der Waals surface area (Å²) < 4.78 is 0. The Kier molecular flexibility index (Phi) is 4.18. The van der Waals surface area contributed by atoms with E-state index in [0.717, 1.165) is 11.3 Å². The maximum Gasteiger partial charge on any atom is 0.134 e. The molecule has 1 aromatic heterocycles. The molecule has 0 saturated heterocycles. The number of phenolic OH excluding ortho intramolecular Hbond substituents is 1. The minimum atomic E-state index is 0.109. The predicted octanol–water partition coefficient (Wildman–Crippen LogP) is 3.29. The Labute approximate surface area is 111 Å². The number of halogens is 1. The zero-order valence-corrected chi connectivity index (χ0v) is 10.9. The summed E-state index contributed by atoms with van der Waals surface area (Å²) in [5.41, 5.74) is 2.03. The number of pyridine rings is 1. The fourth-order valence-electron chi connectivity index (χ4n) is 1.67. The largest absolute Gasteiger partial charge is 0.506 e. The summed E-state index contributed by atoms with van der Waals surface area (Å²) >= 11 is 5.86. The molecular formula is C14H15ClN2O. The Morgan fingerprint density at radius 2 is 2.17 bits per heavy atom. The number of benzene rings is 1. The lowest BCUT2D eigenvalue weighted by molar-refractivity contribution is 0.475. The summed E-state index contributed by atoms with van der Waals surface area (Å²) in [5, 5.41) is 13.1. The van der Waals surface area contributed by atoms with Gasteiger partial charge in [-0.05, 0) is 36.8 Å². The van der Waals surface area contributed by atoms with Crippen molar-refractivity contribution >= 4 is 11.6 Å². The predicted molar refractivity (Wildman–Crippen MR) is 72.6 cm³/mol. The highest BCUT2D eigenvalue weighted by Crippen LogP contribution is 2.23. The molecule has 2 aromatic rings. The van der Waals surface area contributed by atoms with Crippen LogP contribution in [0.5, 0.6) is 5.75 Å². The van der Waals surface area contributed by atoms with Gasteiger partial charge >= 0.3 is 0 Å². The van der Waals surface area contributed by atoms with E-state index in [-0.39, 0.29) is 11.8 Å². The lowest BCUT2D eigenvalue weighted by Gasteiger charge is -2.13. The average Bonchev–Trinajstić information content (AvgIpc) is 2.41. The lowest BCUT2D eigenvalue weighted by Crippen LogP contribution is -2.18. The first-order chi connectivity index (χ1) is 8.66. The van der Waals surface area contributed by atoms with Crippen LogP contribution in [0, 0.1) is 0 Å². The molecule has 18 heavy (non-hydrogen) atoms. The van der Waals surface area contributed by atoms with Crippen LogP contribution >= 0.6 is 11.6 Å². The fourth-order valence-corrected chi connectivity index (χ4v) is 1.87. The summed E-state index contributed by atoms with van der Waals surface area (Å²) in [6, 6.07) is 11.2. The highest BCUT2D eigenvalue weighted by Gasteiger charge is 2.06. The molecule has 1 unspecified atom stereocenters. The third kappa shape index (κ3) is 3.22. The topological polar surface area (TPSA) is 45.1 Å². The van der Waals surface area contributed by atoms with E-state index in [2.05, 4.69) is 17.2 Å². The molecule has 3 nitrogen and oxygen atoms in total. The second-order valence-corrected chi connectivity index (χ2v) is 4.55. The van der Waals surface area contributed by atoms with Gasteiger partial charge in [0.05, 0.1) is 10.7 Å². The maximum absolute atomic E-state index is 9.34. The van der Waals surface area contributed by atoms with Crippen molar-refractivity contribution in [1.82, 2.24) is 10.3 Å². The van der Waals surface area contributed by atoms with Gasteiger partial charge in [-0.15, -0.1) is 0 Å². The highest BCUT2D eigenvalue weighted by atomic mass is 35.5. The molecule has 2 N–H and O–H groups in total. The Morgan fingerprint density at radius 1 is 1.33 bits per heavy atom. The molecule has 1 atom stereocenters. The van der Waals surface area contributed by atoms with Gasteiger partial charge in [-0.3, -0.25) is 4.98 Å². The van der Waals surface area contributed by atoms with Gasteiger partial charge in [-0.1, -0.05) is 23.7 Å². The molecule has 0 fully saturated rings. The van der Waals surface area contributed by atoms with Crippen LogP contribution in [0.3, 0.4) is 0 Å². The molecule has 0 radical (unpaired) electrons. The van der Waals surface area contributed by atoms with Gasteiger partial charge in [0.25, 0.3) is 0 Å². The minimum Gasteiger partial charge on any atom is -0.506 e. The summed E-state index contributed by atoms with van der Waals surface area (Å²) in [7, 11) is 0. The zero-order chi connectivity index (χ0) is 13.0. The number of rotatable bonds is 4. The summed E-state index contributed by atoms with van der Waals surface area (Å²) in [5.74, 6) is 0.109. The Bertz CT molecular complexity index is 516. The van der Waals surface area contributed by atoms with Crippen LogP contribution in [0.4, 0.5) is 0 Å². The van der Waals surface area contributed by atoms with Gasteiger partial charge < -0.3 is 10.4 Å². The molecule has 0 aliphatic carbocycles. The molecule has 0 amide bonds. The molecule has 0 saturated carbocycles. The number of nitrogens with one attached hydrogen (secondary N) is 1. The van der Waals surface area contributed by atoms with Gasteiger partial charge in [0.1, 0.15) is 5.75 Å². The normalized spacial score (nSPS) is 12.3. The Balaban J connectivity index is 1.97. The molecule has 4 heteroatoms. The summed E-state index contributed by atoms with van der Waals surface area (Å²) in [6.45, 7) is 2.74. The standard InChI is InChI=1S/C14H15ClN2O/c1-10(13-4-2-3-7-16-13)17-9-11-5-6-14(18)12(15)8-11/h2-8,10,17-18H,9H2,1H3. The molecule has 1 aromatic carbocycles. The van der Waals surface area contributed by atoms with E-state index in [1.54, 1.807) is 18.3 Å². The van der Waals surface area contributed by atoms with Crippen molar-refractivity contribution in [2.24, 2.45) is 0 Å². The van der Waals surface area contributed by atoms with Crippen molar-refractivity contribution in [3.63, 3.8) is 0 Å². The average molecular weight is 263 g/mol. The van der Waals surface area contributed by atoms with E-state index in [0.29, 0.717) is 11.6 Å². The Morgan fingerprint density at radius 3 is 2.83 bits per heavy atom. The smallest absolute Gasteiger partial charge is 0.134 e. The number of hydrogen-bond acceptors (Lipinski definition) is 3. The third-order valence-electron chi connectivity index (χ3n) is 2.76. The summed E-state index contributed by atoms with van der Waals surface area (Å²) in [4.78, 5) is 4.29. The quantitative estimate of drug-likeness (QED) is 0.889. The second-order valence-electron chi connectivity index (χ2n) is 4.14. The minimum absolute atomic E-state index is 0.109. The number of aromatic hydroxyl groups is 1. The van der Waals surface area contributed by atoms with Crippen molar-refractivity contribution < 1.29 is 5.11 Å². The molecule has 2 rings (SSSR count). The van der Waals surface area contributed by atoms with E-state index in [1.165, 1.54) is 0 Å². The third-order valence-corrected chi connectivity index (χ3v) is 3.06. The fraction of sp³-hybridized carbons (Fsp3) is 0.214. The van der Waals surface area contributed by atoms with Crippen molar-refractivity contribution in [3.8, 4) is 5.75 Å². The second kappa shape index (κ2) is 5.85. The number of hydrogen-bond donors (Lipinski definition) is 2. The van der Waals surface area contributed by atoms with Gasteiger partial charge in [0.2, 0.25) is 0 Å². The van der Waals surface area contributed by atoms with Crippen LogP contribution in [-0.2, 0) is 6.54 Å². The van der Waals surface area contributed by atoms with Crippen LogP contribution in [-0.4, -0.2) is 10.1 Å². The van der Waals surface area contributed by atoms with Gasteiger partial charge in [0, 0.05) is 18.8 Å². The zero-order valence-electron chi connectivity index (χ0n) is 10.1. The van der Waals surface area contributed by atoms with E-state index >= 15 is 0 Å². The van der Waals surface area contributed by atoms with E-state index in [9.17, 15) is 5.11 Å². The first-order valence-corrected chi connectivity index (χ1v) is 6.16. The van der Waals surface area contributed by atoms with Crippen molar-refractivity contribution in [2.45, 2.75) is 19.5 Å². The maximum atomic E-state index is 9.34. The molecule has 0 spiro atoms. The number of aromatic nitrogens is 1. The number of nitrogens with zero attached hydrogens (tertiary/aromatic N) is 1. The van der Waals surface area contributed by atoms with Crippen molar-refractivity contribution in [2.75, 3.05) is 0 Å². The van der Waals surface area contributed by atoms with Gasteiger partial charge in [-0.2, -0.15) is 0 Å². The first-order valence-electron chi connectivity index (χ1n) is 5.78. The van der Waals surface area contributed by atoms with Crippen LogP contribution in [0.2, 0.25) is 5.02 Å². The lowest BCUT2D eigenvalue weighted by atomic mass is 10.1. The van der Waals surface area contributed by atoms with Crippen LogP contribution in [0.15, 0.2) is 42.6 Å². The van der Waals surface area contributed by atoms with E-state index in [1.807, 2.05) is 24.3 Å². The Hall–Kier alpha value is -1.58. The summed E-state index contributed by atoms with van der Waals surface area (Å²) in [6.07, 6.45) is 1.78. The molecule has 1 heterocycles. The van der Waals surface area contributed by atoms with Crippen LogP contribution in [0.25, 0.3) is 0 Å². The van der Waals surface area contributed by atoms with Gasteiger partial charge in [0.15, 0.2) is 0 Å². The molecule has 0 aliphatic rings. The van der Waals surface area contributed by atoms with Crippen molar-refractivity contribution in [3.05, 3.63) is 58.9 Å². The monoisotopic (exact) mass is 262 g/mol. The molecule has 0 bridgehead atoms. The van der Waals surface area contributed by atoms with Gasteiger partial charge in [-0.25, -0.2) is 0 Å². The first kappa shape index (κ1) is 12.9. The SMILES string of the molecule is CC(NCc1ccc(O)c(Cl)c1)c1ccccn1. The van der Waals surface area contributed by atoms with E-state index < -0.39 is 0 Å². The molecule has 94 valence electrons. The van der Waals surface area contributed by atoms with E-state index in [4.69, 9.17) is 11.6 Å². The van der Waals surface area contributed by atoms with Crippen LogP contribution < -0.4 is 5.32 Å². The number of phenols is 1. The molecule has 0 aliphatic heterocycles.